The quantitative estimate of drug-likeness (QED) is 0.410. The molecule has 1 fully saturated rings. The number of anilines is 1. The van der Waals surface area contributed by atoms with Gasteiger partial charge in [0.05, 0.1) is 0 Å². The summed E-state index contributed by atoms with van der Waals surface area (Å²) in [6.07, 6.45) is 4.87. The predicted molar refractivity (Wildman–Crippen MR) is 104 cm³/mol. The van der Waals surface area contributed by atoms with Crippen molar-refractivity contribution in [3.05, 3.63) is 29.8 Å². The molecule has 2 N–H and O–H groups in total. The standard InChI is InChI=1S/C20H32N4O/c1-16-14-18-6-3-4-7-19(18)24(16)12-11-23-20(21-2)22-10-5-13-25-15-17-8-9-17/h3-4,6-7,16-17H,5,8-15H2,1-2H3,(H2,21,22,23). The lowest BCUT2D eigenvalue weighted by Crippen LogP contribution is -2.43. The van der Waals surface area contributed by atoms with E-state index >= 15 is 0 Å². The van der Waals surface area contributed by atoms with E-state index in [2.05, 4.69) is 51.7 Å². The maximum Gasteiger partial charge on any atom is 0.191 e. The van der Waals surface area contributed by atoms with Gasteiger partial charge in [0.2, 0.25) is 0 Å². The van der Waals surface area contributed by atoms with E-state index in [0.29, 0.717) is 6.04 Å². The van der Waals surface area contributed by atoms with E-state index in [1.165, 1.54) is 24.1 Å². The Labute approximate surface area is 151 Å². The monoisotopic (exact) mass is 344 g/mol. The molecule has 0 spiro atoms. The van der Waals surface area contributed by atoms with Gasteiger partial charge in [0.25, 0.3) is 0 Å². The molecule has 1 aliphatic carbocycles. The number of nitrogens with zero attached hydrogens (tertiary/aromatic N) is 2. The van der Waals surface area contributed by atoms with Crippen LogP contribution in [-0.4, -0.2) is 51.9 Å². The molecule has 2 aliphatic rings. The van der Waals surface area contributed by atoms with Crippen LogP contribution < -0.4 is 15.5 Å². The van der Waals surface area contributed by atoms with Gasteiger partial charge in [0.1, 0.15) is 0 Å². The average molecular weight is 345 g/mol. The number of guanidine groups is 1. The smallest absolute Gasteiger partial charge is 0.191 e. The lowest BCUT2D eigenvalue weighted by molar-refractivity contribution is 0.123. The lowest BCUT2D eigenvalue weighted by Gasteiger charge is -2.25. The third-order valence-corrected chi connectivity index (χ3v) is 5.03. The number of rotatable bonds is 9. The summed E-state index contributed by atoms with van der Waals surface area (Å²) < 4.78 is 5.66. The van der Waals surface area contributed by atoms with Crippen molar-refractivity contribution in [2.24, 2.45) is 10.9 Å². The van der Waals surface area contributed by atoms with Crippen LogP contribution >= 0.6 is 0 Å². The van der Waals surface area contributed by atoms with Crippen LogP contribution in [0, 0.1) is 5.92 Å². The number of nitrogens with one attached hydrogen (secondary N) is 2. The van der Waals surface area contributed by atoms with Crippen molar-refractivity contribution in [2.75, 3.05) is 44.8 Å². The Hall–Kier alpha value is -1.75. The Morgan fingerprint density at radius 1 is 1.24 bits per heavy atom. The highest BCUT2D eigenvalue weighted by molar-refractivity contribution is 5.79. The van der Waals surface area contributed by atoms with Gasteiger partial charge >= 0.3 is 0 Å². The van der Waals surface area contributed by atoms with Crippen molar-refractivity contribution in [2.45, 2.75) is 38.6 Å². The second kappa shape index (κ2) is 9.09. The Balaban J connectivity index is 1.31. The van der Waals surface area contributed by atoms with Crippen LogP contribution in [0.15, 0.2) is 29.3 Å². The molecule has 0 bridgehead atoms. The molecule has 0 radical (unpaired) electrons. The van der Waals surface area contributed by atoms with Gasteiger partial charge in [0, 0.05) is 51.6 Å². The molecule has 5 nitrogen and oxygen atoms in total. The van der Waals surface area contributed by atoms with Crippen LogP contribution in [0.1, 0.15) is 31.7 Å². The van der Waals surface area contributed by atoms with Crippen LogP contribution in [-0.2, 0) is 11.2 Å². The van der Waals surface area contributed by atoms with Crippen molar-refractivity contribution < 1.29 is 4.74 Å². The minimum absolute atomic E-state index is 0.567. The first-order valence-electron chi connectivity index (χ1n) is 9.64. The summed E-state index contributed by atoms with van der Waals surface area (Å²) in [6, 6.07) is 9.30. The van der Waals surface area contributed by atoms with E-state index in [1.54, 1.807) is 0 Å². The number of hydrogen-bond donors (Lipinski definition) is 2. The number of benzene rings is 1. The topological polar surface area (TPSA) is 48.9 Å². The van der Waals surface area contributed by atoms with Gasteiger partial charge in [-0.15, -0.1) is 0 Å². The van der Waals surface area contributed by atoms with Gasteiger partial charge in [0.15, 0.2) is 5.96 Å². The Morgan fingerprint density at radius 3 is 2.84 bits per heavy atom. The molecule has 25 heavy (non-hydrogen) atoms. The van der Waals surface area contributed by atoms with Gasteiger partial charge in [-0.25, -0.2) is 0 Å². The Morgan fingerprint density at radius 2 is 2.04 bits per heavy atom. The third-order valence-electron chi connectivity index (χ3n) is 5.03. The van der Waals surface area contributed by atoms with Gasteiger partial charge < -0.3 is 20.3 Å². The summed E-state index contributed by atoms with van der Waals surface area (Å²) in [7, 11) is 1.83. The summed E-state index contributed by atoms with van der Waals surface area (Å²) in [4.78, 5) is 6.79. The normalized spacial score (nSPS) is 19.8. The zero-order valence-electron chi connectivity index (χ0n) is 15.6. The van der Waals surface area contributed by atoms with Gasteiger partial charge in [-0.1, -0.05) is 18.2 Å². The van der Waals surface area contributed by atoms with Crippen LogP contribution in [0.3, 0.4) is 0 Å². The third kappa shape index (κ3) is 5.36. The van der Waals surface area contributed by atoms with Gasteiger partial charge in [-0.3, -0.25) is 4.99 Å². The molecule has 1 aromatic carbocycles. The number of aliphatic imine (C=N–C) groups is 1. The molecule has 1 atom stereocenters. The molecule has 5 heteroatoms. The van der Waals surface area contributed by atoms with Crippen molar-refractivity contribution in [1.29, 1.82) is 0 Å². The molecule has 1 aromatic rings. The highest BCUT2D eigenvalue weighted by atomic mass is 16.5. The number of ether oxygens (including phenoxy) is 1. The van der Waals surface area contributed by atoms with E-state index < -0.39 is 0 Å². The largest absolute Gasteiger partial charge is 0.381 e. The first kappa shape index (κ1) is 18.1. The van der Waals surface area contributed by atoms with Crippen LogP contribution in [0.25, 0.3) is 0 Å². The van der Waals surface area contributed by atoms with Gasteiger partial charge in [-0.05, 0) is 50.2 Å². The van der Waals surface area contributed by atoms with Gasteiger partial charge in [-0.2, -0.15) is 0 Å². The fourth-order valence-corrected chi connectivity index (χ4v) is 3.40. The molecule has 3 rings (SSSR count). The van der Waals surface area contributed by atoms with Crippen molar-refractivity contribution in [1.82, 2.24) is 10.6 Å². The molecule has 0 aromatic heterocycles. The molecule has 1 heterocycles. The van der Waals surface area contributed by atoms with E-state index in [-0.39, 0.29) is 0 Å². The predicted octanol–water partition coefficient (Wildman–Crippen LogP) is 2.42. The maximum atomic E-state index is 5.66. The fraction of sp³-hybridized carbons (Fsp3) is 0.650. The van der Waals surface area contributed by atoms with Crippen molar-refractivity contribution in [3.8, 4) is 0 Å². The summed E-state index contributed by atoms with van der Waals surface area (Å²) in [5, 5.41) is 6.79. The summed E-state index contributed by atoms with van der Waals surface area (Å²) in [5.74, 6) is 1.72. The van der Waals surface area contributed by atoms with Crippen LogP contribution in [0.2, 0.25) is 0 Å². The molecule has 0 amide bonds. The Kier molecular flexibility index (Phi) is 6.56. The summed E-state index contributed by atoms with van der Waals surface area (Å²) >= 11 is 0. The van der Waals surface area contributed by atoms with Crippen LogP contribution in [0.4, 0.5) is 5.69 Å². The van der Waals surface area contributed by atoms with Crippen molar-refractivity contribution in [3.63, 3.8) is 0 Å². The highest BCUT2D eigenvalue weighted by Gasteiger charge is 2.24. The Bertz CT molecular complexity index is 571. The summed E-state index contributed by atoms with van der Waals surface area (Å²) in [6.45, 7) is 6.85. The number of fused-ring (bicyclic) bond motifs is 1. The molecule has 1 saturated carbocycles. The fourth-order valence-electron chi connectivity index (χ4n) is 3.40. The zero-order chi connectivity index (χ0) is 17.5. The number of para-hydroxylation sites is 1. The lowest BCUT2D eigenvalue weighted by atomic mass is 10.1. The first-order chi connectivity index (χ1) is 12.3. The van der Waals surface area contributed by atoms with E-state index in [0.717, 1.165) is 57.6 Å². The number of hydrogen-bond acceptors (Lipinski definition) is 3. The van der Waals surface area contributed by atoms with Crippen LogP contribution in [0.5, 0.6) is 0 Å². The molecule has 1 unspecified atom stereocenters. The van der Waals surface area contributed by atoms with Crippen molar-refractivity contribution >= 4 is 11.6 Å². The SMILES string of the molecule is CN=C(NCCCOCC1CC1)NCCN1c2ccccc2CC1C. The van der Waals surface area contributed by atoms with E-state index in [9.17, 15) is 0 Å². The molecule has 1 aliphatic heterocycles. The second-order valence-electron chi connectivity index (χ2n) is 7.17. The average Bonchev–Trinajstić information content (AvgIpc) is 3.39. The molecular weight excluding hydrogens is 312 g/mol. The second-order valence-corrected chi connectivity index (χ2v) is 7.17. The zero-order valence-corrected chi connectivity index (χ0v) is 15.6. The maximum absolute atomic E-state index is 5.66. The molecular formula is C20H32N4O. The first-order valence-corrected chi connectivity index (χ1v) is 9.64. The minimum atomic E-state index is 0.567. The van der Waals surface area contributed by atoms with E-state index in [4.69, 9.17) is 4.74 Å². The molecule has 0 saturated heterocycles. The highest BCUT2D eigenvalue weighted by Crippen LogP contribution is 2.31. The summed E-state index contributed by atoms with van der Waals surface area (Å²) in [5.41, 5.74) is 2.84. The molecule has 138 valence electrons. The van der Waals surface area contributed by atoms with E-state index in [1.807, 2.05) is 7.05 Å². The minimum Gasteiger partial charge on any atom is -0.381 e.